The molecule has 1 aromatic carbocycles. The van der Waals surface area contributed by atoms with Gasteiger partial charge in [-0.05, 0) is 30.7 Å². The van der Waals surface area contributed by atoms with Crippen molar-refractivity contribution in [3.63, 3.8) is 0 Å². The van der Waals surface area contributed by atoms with Crippen LogP contribution in [-0.4, -0.2) is 19.9 Å². The fourth-order valence-electron chi connectivity index (χ4n) is 2.10. The van der Waals surface area contributed by atoms with E-state index in [1.807, 2.05) is 17.6 Å². The minimum absolute atomic E-state index is 0. The number of rotatable bonds is 6. The number of nitrogens with zero attached hydrogens (tertiary/aromatic N) is 4. The molecule has 24 heavy (non-hydrogen) atoms. The molecule has 3 rings (SSSR count). The summed E-state index contributed by atoms with van der Waals surface area (Å²) in [5.41, 5.74) is 7.41. The maximum Gasteiger partial charge on any atom is 0.196 e. The van der Waals surface area contributed by atoms with E-state index in [-0.39, 0.29) is 24.8 Å². The standard InChI is InChI=1S/C15H16FN5OS.ClH/c1-2-11-7-13(22-20-11)9-23-15-19-18-14(8-17)21(15)12-5-3-10(16)4-6-12;/h3-7H,2,8-9,17H2,1H3;1H. The van der Waals surface area contributed by atoms with Gasteiger partial charge in [0, 0.05) is 11.8 Å². The van der Waals surface area contributed by atoms with Crippen molar-refractivity contribution < 1.29 is 8.91 Å². The van der Waals surface area contributed by atoms with E-state index >= 15 is 0 Å². The average Bonchev–Trinajstić information content (AvgIpc) is 3.20. The van der Waals surface area contributed by atoms with Crippen molar-refractivity contribution in [2.45, 2.75) is 30.8 Å². The Morgan fingerprint density at radius 2 is 2.00 bits per heavy atom. The van der Waals surface area contributed by atoms with Crippen LogP contribution in [0, 0.1) is 5.82 Å². The molecular weight excluding hydrogens is 353 g/mol. The van der Waals surface area contributed by atoms with E-state index in [4.69, 9.17) is 10.3 Å². The number of thioether (sulfide) groups is 1. The van der Waals surface area contributed by atoms with Gasteiger partial charge >= 0.3 is 0 Å². The first-order chi connectivity index (χ1) is 11.2. The van der Waals surface area contributed by atoms with Crippen LogP contribution in [0.25, 0.3) is 5.69 Å². The van der Waals surface area contributed by atoms with Crippen LogP contribution in [0.1, 0.15) is 24.2 Å². The molecule has 0 saturated heterocycles. The van der Waals surface area contributed by atoms with Crippen molar-refractivity contribution >= 4 is 24.2 Å². The van der Waals surface area contributed by atoms with Crippen LogP contribution in [0.15, 0.2) is 40.0 Å². The Morgan fingerprint density at radius 3 is 2.62 bits per heavy atom. The lowest BCUT2D eigenvalue weighted by Crippen LogP contribution is -2.07. The smallest absolute Gasteiger partial charge is 0.196 e. The van der Waals surface area contributed by atoms with Crippen LogP contribution in [0.4, 0.5) is 4.39 Å². The first kappa shape index (κ1) is 18.4. The van der Waals surface area contributed by atoms with Crippen molar-refractivity contribution in [3.8, 4) is 5.69 Å². The van der Waals surface area contributed by atoms with E-state index < -0.39 is 0 Å². The second kappa shape index (κ2) is 8.27. The van der Waals surface area contributed by atoms with Gasteiger partial charge in [-0.1, -0.05) is 23.8 Å². The van der Waals surface area contributed by atoms with Crippen molar-refractivity contribution in [1.29, 1.82) is 0 Å². The summed E-state index contributed by atoms with van der Waals surface area (Å²) < 4.78 is 20.2. The highest BCUT2D eigenvalue weighted by Gasteiger charge is 2.14. The van der Waals surface area contributed by atoms with Crippen molar-refractivity contribution in [1.82, 2.24) is 19.9 Å². The number of benzene rings is 1. The molecule has 0 bridgehead atoms. The molecule has 0 spiro atoms. The summed E-state index contributed by atoms with van der Waals surface area (Å²) in [4.78, 5) is 0. The van der Waals surface area contributed by atoms with Gasteiger partial charge < -0.3 is 10.3 Å². The molecule has 0 aliphatic rings. The number of aryl methyl sites for hydroxylation is 1. The zero-order valence-corrected chi connectivity index (χ0v) is 14.6. The van der Waals surface area contributed by atoms with E-state index in [1.165, 1.54) is 23.9 Å². The van der Waals surface area contributed by atoms with E-state index in [9.17, 15) is 4.39 Å². The quantitative estimate of drug-likeness (QED) is 0.672. The molecule has 0 unspecified atom stereocenters. The van der Waals surface area contributed by atoms with Crippen LogP contribution >= 0.6 is 24.2 Å². The van der Waals surface area contributed by atoms with Gasteiger partial charge in [-0.2, -0.15) is 0 Å². The van der Waals surface area contributed by atoms with Gasteiger partial charge in [-0.25, -0.2) is 4.39 Å². The number of halogens is 2. The van der Waals surface area contributed by atoms with Crippen LogP contribution in [-0.2, 0) is 18.7 Å². The predicted molar refractivity (Wildman–Crippen MR) is 91.9 cm³/mol. The molecule has 0 aliphatic carbocycles. The van der Waals surface area contributed by atoms with E-state index in [1.54, 1.807) is 12.1 Å². The van der Waals surface area contributed by atoms with Gasteiger partial charge in [0.1, 0.15) is 11.6 Å². The Balaban J connectivity index is 0.00000208. The van der Waals surface area contributed by atoms with Crippen molar-refractivity contribution in [3.05, 3.63) is 53.4 Å². The third kappa shape index (κ3) is 3.95. The lowest BCUT2D eigenvalue weighted by atomic mass is 10.3. The number of aromatic nitrogens is 4. The Labute approximate surface area is 149 Å². The van der Waals surface area contributed by atoms with Gasteiger partial charge in [-0.3, -0.25) is 4.57 Å². The Morgan fingerprint density at radius 1 is 1.25 bits per heavy atom. The lowest BCUT2D eigenvalue weighted by molar-refractivity contribution is 0.389. The first-order valence-electron chi connectivity index (χ1n) is 7.18. The van der Waals surface area contributed by atoms with Crippen LogP contribution < -0.4 is 5.73 Å². The molecule has 128 valence electrons. The van der Waals surface area contributed by atoms with Gasteiger partial charge in [0.25, 0.3) is 0 Å². The zero-order valence-electron chi connectivity index (χ0n) is 13.0. The lowest BCUT2D eigenvalue weighted by Gasteiger charge is -2.08. The summed E-state index contributed by atoms with van der Waals surface area (Å²) in [6.45, 7) is 2.26. The molecule has 2 N–H and O–H groups in total. The maximum absolute atomic E-state index is 13.1. The van der Waals surface area contributed by atoms with E-state index in [0.29, 0.717) is 16.7 Å². The second-order valence-corrected chi connectivity index (χ2v) is 5.78. The van der Waals surface area contributed by atoms with Crippen molar-refractivity contribution in [2.24, 2.45) is 5.73 Å². The molecular formula is C15H17ClFN5OS. The Bertz CT molecular complexity index is 790. The summed E-state index contributed by atoms with van der Waals surface area (Å²) in [6, 6.07) is 8.06. The predicted octanol–water partition coefficient (Wildman–Crippen LogP) is 3.13. The summed E-state index contributed by atoms with van der Waals surface area (Å²) in [6.07, 6.45) is 0.831. The molecule has 0 radical (unpaired) electrons. The summed E-state index contributed by atoms with van der Waals surface area (Å²) in [5.74, 6) is 1.68. The monoisotopic (exact) mass is 369 g/mol. The van der Waals surface area contributed by atoms with Gasteiger partial charge in [-0.15, -0.1) is 22.6 Å². The topological polar surface area (TPSA) is 82.8 Å². The van der Waals surface area contributed by atoms with Crippen LogP contribution in [0.2, 0.25) is 0 Å². The maximum atomic E-state index is 13.1. The average molecular weight is 370 g/mol. The highest BCUT2D eigenvalue weighted by molar-refractivity contribution is 7.98. The Hall–Kier alpha value is -1.90. The van der Waals surface area contributed by atoms with Crippen LogP contribution in [0.3, 0.4) is 0 Å². The SMILES string of the molecule is CCc1cc(CSc2nnc(CN)n2-c2ccc(F)cc2)on1.Cl. The first-order valence-corrected chi connectivity index (χ1v) is 8.17. The molecule has 0 atom stereocenters. The largest absolute Gasteiger partial charge is 0.360 e. The van der Waals surface area contributed by atoms with Gasteiger partial charge in [0.15, 0.2) is 11.0 Å². The number of hydrogen-bond acceptors (Lipinski definition) is 6. The van der Waals surface area contributed by atoms with Gasteiger partial charge in [0.05, 0.1) is 18.0 Å². The van der Waals surface area contributed by atoms with E-state index in [0.717, 1.165) is 23.6 Å². The third-order valence-corrected chi connectivity index (χ3v) is 4.23. The normalized spacial score (nSPS) is 10.6. The second-order valence-electron chi connectivity index (χ2n) is 4.84. The highest BCUT2D eigenvalue weighted by atomic mass is 35.5. The number of nitrogens with two attached hydrogens (primary N) is 1. The number of hydrogen-bond donors (Lipinski definition) is 1. The molecule has 0 aliphatic heterocycles. The fourth-order valence-corrected chi connectivity index (χ4v) is 2.95. The van der Waals surface area contributed by atoms with Gasteiger partial charge in [0.2, 0.25) is 0 Å². The molecule has 0 saturated carbocycles. The molecule has 9 heteroatoms. The minimum Gasteiger partial charge on any atom is -0.360 e. The van der Waals surface area contributed by atoms with E-state index in [2.05, 4.69) is 15.4 Å². The molecule has 2 aromatic heterocycles. The molecule has 0 amide bonds. The molecule has 2 heterocycles. The summed E-state index contributed by atoms with van der Waals surface area (Å²) >= 11 is 1.47. The fraction of sp³-hybridized carbons (Fsp3) is 0.267. The summed E-state index contributed by atoms with van der Waals surface area (Å²) in [7, 11) is 0. The minimum atomic E-state index is -0.293. The molecule has 0 fully saturated rings. The molecule has 3 aromatic rings. The van der Waals surface area contributed by atoms with Crippen molar-refractivity contribution in [2.75, 3.05) is 0 Å². The summed E-state index contributed by atoms with van der Waals surface area (Å²) in [5, 5.41) is 12.9. The zero-order chi connectivity index (χ0) is 16.2. The Kier molecular flexibility index (Phi) is 6.36. The third-order valence-electron chi connectivity index (χ3n) is 3.28. The highest BCUT2D eigenvalue weighted by Crippen LogP contribution is 2.25. The van der Waals surface area contributed by atoms with Crippen LogP contribution in [0.5, 0.6) is 0 Å². The molecule has 6 nitrogen and oxygen atoms in total.